The smallest absolute Gasteiger partial charge is 0.0589 e. The summed E-state index contributed by atoms with van der Waals surface area (Å²) in [6.45, 7) is 0. The van der Waals surface area contributed by atoms with Gasteiger partial charge in [-0.2, -0.15) is 0 Å². The van der Waals surface area contributed by atoms with Gasteiger partial charge in [-0.1, -0.05) is 22.0 Å². The molecule has 1 aromatic rings. The molecule has 0 amide bonds. The second-order valence-corrected chi connectivity index (χ2v) is 3.92. The predicted molar refractivity (Wildman–Crippen MR) is 55.9 cm³/mol. The van der Waals surface area contributed by atoms with Gasteiger partial charge in [0.2, 0.25) is 0 Å². The van der Waals surface area contributed by atoms with Gasteiger partial charge in [-0.25, -0.2) is 0 Å². The zero-order chi connectivity index (χ0) is 8.72. The van der Waals surface area contributed by atoms with E-state index in [9.17, 15) is 0 Å². The number of allylic oxidation sites excluding steroid dienone is 1. The van der Waals surface area contributed by atoms with Crippen LogP contribution in [0.1, 0.15) is 11.1 Å². The van der Waals surface area contributed by atoms with Gasteiger partial charge in [-0.15, -0.1) is 0 Å². The van der Waals surface area contributed by atoms with Crippen molar-refractivity contribution < 1.29 is 0 Å². The van der Waals surface area contributed by atoms with Crippen LogP contribution in [-0.2, 0) is 6.42 Å². The van der Waals surface area contributed by atoms with Crippen molar-refractivity contribution in [3.05, 3.63) is 27.7 Å². The fraction of sp³-hybridized carbons (Fsp3) is 0.111. The van der Waals surface area contributed by atoms with Crippen LogP contribution < -0.4 is 11.5 Å². The molecule has 0 fully saturated rings. The molecule has 62 valence electrons. The topological polar surface area (TPSA) is 52.0 Å². The monoisotopic (exact) mass is 224 g/mol. The minimum absolute atomic E-state index is 0.671. The van der Waals surface area contributed by atoms with Crippen molar-refractivity contribution >= 4 is 33.4 Å². The van der Waals surface area contributed by atoms with E-state index in [1.54, 1.807) is 0 Å². The van der Waals surface area contributed by atoms with E-state index in [1.165, 1.54) is 5.56 Å². The third kappa shape index (κ3) is 1.01. The number of halogens is 1. The second kappa shape index (κ2) is 2.52. The normalized spacial score (nSPS) is 14.2. The van der Waals surface area contributed by atoms with Gasteiger partial charge >= 0.3 is 0 Å². The summed E-state index contributed by atoms with van der Waals surface area (Å²) >= 11 is 3.44. The lowest BCUT2D eigenvalue weighted by Gasteiger charge is -2.05. The summed E-state index contributed by atoms with van der Waals surface area (Å²) in [4.78, 5) is 0. The number of rotatable bonds is 0. The van der Waals surface area contributed by atoms with E-state index in [4.69, 9.17) is 11.5 Å². The number of nitrogen functional groups attached to an aromatic ring is 2. The summed E-state index contributed by atoms with van der Waals surface area (Å²) in [5, 5.41) is 0. The first-order valence-corrected chi connectivity index (χ1v) is 4.50. The Balaban J connectivity index is 2.61. The Morgan fingerprint density at radius 3 is 2.75 bits per heavy atom. The summed E-state index contributed by atoms with van der Waals surface area (Å²) in [6.07, 6.45) is 2.94. The maximum absolute atomic E-state index is 5.82. The lowest BCUT2D eigenvalue weighted by molar-refractivity contribution is 1.30. The maximum atomic E-state index is 5.82. The summed E-state index contributed by atoms with van der Waals surface area (Å²) in [5.74, 6) is 0. The quantitative estimate of drug-likeness (QED) is 0.664. The van der Waals surface area contributed by atoms with E-state index in [0.717, 1.165) is 22.2 Å². The van der Waals surface area contributed by atoms with Gasteiger partial charge in [0.1, 0.15) is 0 Å². The Bertz CT molecular complexity index is 369. The highest BCUT2D eigenvalue weighted by atomic mass is 79.9. The number of anilines is 2. The lowest BCUT2D eigenvalue weighted by atomic mass is 10.1. The highest BCUT2D eigenvalue weighted by molar-refractivity contribution is 9.11. The van der Waals surface area contributed by atoms with Gasteiger partial charge in [-0.05, 0) is 23.3 Å². The highest BCUT2D eigenvalue weighted by Crippen LogP contribution is 2.34. The van der Waals surface area contributed by atoms with Crippen LogP contribution >= 0.6 is 15.9 Å². The van der Waals surface area contributed by atoms with Crippen LogP contribution in [-0.4, -0.2) is 0 Å². The Morgan fingerprint density at radius 1 is 1.25 bits per heavy atom. The number of fused-ring (bicyclic) bond motifs is 1. The van der Waals surface area contributed by atoms with Gasteiger partial charge in [0.25, 0.3) is 0 Å². The van der Waals surface area contributed by atoms with E-state index in [1.807, 2.05) is 12.1 Å². The third-order valence-corrected chi connectivity index (χ3v) is 2.59. The summed E-state index contributed by atoms with van der Waals surface area (Å²) in [7, 11) is 0. The number of hydrogen-bond donors (Lipinski definition) is 2. The van der Waals surface area contributed by atoms with E-state index in [0.29, 0.717) is 5.69 Å². The van der Waals surface area contributed by atoms with Crippen molar-refractivity contribution in [3.8, 4) is 0 Å². The van der Waals surface area contributed by atoms with Crippen molar-refractivity contribution in [1.82, 2.24) is 0 Å². The van der Waals surface area contributed by atoms with Gasteiger partial charge < -0.3 is 11.5 Å². The first-order valence-electron chi connectivity index (χ1n) is 3.71. The lowest BCUT2D eigenvalue weighted by Crippen LogP contribution is -1.99. The largest absolute Gasteiger partial charge is 0.397 e. The predicted octanol–water partition coefficient (Wildman–Crippen LogP) is 2.14. The van der Waals surface area contributed by atoms with E-state index in [-0.39, 0.29) is 0 Å². The molecule has 0 heterocycles. The SMILES string of the molecule is Nc1ccc2c(c1N)CC(Br)=C2. The van der Waals surface area contributed by atoms with Crippen LogP contribution in [0.3, 0.4) is 0 Å². The fourth-order valence-electron chi connectivity index (χ4n) is 1.42. The molecule has 2 rings (SSSR count). The molecule has 4 N–H and O–H groups in total. The summed E-state index contributed by atoms with van der Waals surface area (Å²) in [5.41, 5.74) is 15.2. The van der Waals surface area contributed by atoms with Gasteiger partial charge in [-0.3, -0.25) is 0 Å². The summed E-state index contributed by atoms with van der Waals surface area (Å²) in [6, 6.07) is 3.84. The second-order valence-electron chi connectivity index (χ2n) is 2.90. The third-order valence-electron chi connectivity index (χ3n) is 2.08. The zero-order valence-electron chi connectivity index (χ0n) is 6.47. The molecule has 1 aliphatic carbocycles. The van der Waals surface area contributed by atoms with Gasteiger partial charge in [0.05, 0.1) is 11.4 Å². The molecule has 0 saturated carbocycles. The average molecular weight is 225 g/mol. The number of nitrogens with two attached hydrogens (primary N) is 2. The van der Waals surface area contributed by atoms with Crippen LogP contribution in [0.15, 0.2) is 16.6 Å². The molecule has 1 aromatic carbocycles. The van der Waals surface area contributed by atoms with Crippen LogP contribution in [0, 0.1) is 0 Å². The summed E-state index contributed by atoms with van der Waals surface area (Å²) < 4.78 is 1.16. The van der Waals surface area contributed by atoms with Crippen LogP contribution in [0.5, 0.6) is 0 Å². The Labute approximate surface area is 79.4 Å². The van der Waals surface area contributed by atoms with E-state index < -0.39 is 0 Å². The standard InChI is InChI=1S/C9H9BrN2/c10-6-3-5-1-2-8(11)9(12)7(5)4-6/h1-3H,4,11-12H2. The molecule has 0 bridgehead atoms. The van der Waals surface area contributed by atoms with Crippen molar-refractivity contribution in [2.45, 2.75) is 6.42 Å². The minimum Gasteiger partial charge on any atom is -0.397 e. The fourth-order valence-corrected chi connectivity index (χ4v) is 1.95. The molecule has 0 aromatic heterocycles. The number of benzene rings is 1. The molecule has 0 unspecified atom stereocenters. The van der Waals surface area contributed by atoms with Crippen molar-refractivity contribution in [3.63, 3.8) is 0 Å². The van der Waals surface area contributed by atoms with Crippen LogP contribution in [0.4, 0.5) is 11.4 Å². The molecule has 3 heteroatoms. The highest BCUT2D eigenvalue weighted by Gasteiger charge is 2.14. The molecule has 0 aliphatic heterocycles. The molecular weight excluding hydrogens is 216 g/mol. The average Bonchev–Trinajstić information content (AvgIpc) is 2.39. The van der Waals surface area contributed by atoms with E-state index >= 15 is 0 Å². The Kier molecular flexibility index (Phi) is 1.61. The van der Waals surface area contributed by atoms with Crippen LogP contribution in [0.2, 0.25) is 0 Å². The molecular formula is C9H9BrN2. The molecule has 0 spiro atoms. The molecule has 0 radical (unpaired) electrons. The molecule has 2 nitrogen and oxygen atoms in total. The Hall–Kier alpha value is -0.960. The molecule has 12 heavy (non-hydrogen) atoms. The Morgan fingerprint density at radius 2 is 2.00 bits per heavy atom. The first-order chi connectivity index (χ1) is 5.68. The molecule has 1 aliphatic rings. The van der Waals surface area contributed by atoms with Crippen molar-refractivity contribution in [1.29, 1.82) is 0 Å². The van der Waals surface area contributed by atoms with Crippen molar-refractivity contribution in [2.24, 2.45) is 0 Å². The number of hydrogen-bond acceptors (Lipinski definition) is 2. The molecule has 0 saturated heterocycles. The van der Waals surface area contributed by atoms with E-state index in [2.05, 4.69) is 22.0 Å². The maximum Gasteiger partial charge on any atom is 0.0589 e. The van der Waals surface area contributed by atoms with Gasteiger partial charge in [0.15, 0.2) is 0 Å². The van der Waals surface area contributed by atoms with Gasteiger partial charge in [0, 0.05) is 10.9 Å². The van der Waals surface area contributed by atoms with Crippen molar-refractivity contribution in [2.75, 3.05) is 11.5 Å². The van der Waals surface area contributed by atoms with Crippen LogP contribution in [0.25, 0.3) is 6.08 Å². The zero-order valence-corrected chi connectivity index (χ0v) is 8.06. The first kappa shape index (κ1) is 7.68. The molecule has 0 atom stereocenters. The minimum atomic E-state index is 0.671.